The van der Waals surface area contributed by atoms with Crippen molar-refractivity contribution in [3.05, 3.63) is 29.8 Å². The predicted octanol–water partition coefficient (Wildman–Crippen LogP) is 3.06. The topological polar surface area (TPSA) is 9.23 Å². The highest BCUT2D eigenvalue weighted by Gasteiger charge is 2.04. The maximum Gasteiger partial charge on any atom is 0.274 e. The van der Waals surface area contributed by atoms with Crippen LogP contribution in [0.2, 0.25) is 13.1 Å². The van der Waals surface area contributed by atoms with Gasteiger partial charge in [-0.05, 0) is 19.2 Å². The minimum atomic E-state index is -0.678. The lowest BCUT2D eigenvalue weighted by Crippen LogP contribution is -2.12. The zero-order valence-corrected chi connectivity index (χ0v) is 9.06. The lowest BCUT2D eigenvalue weighted by Gasteiger charge is -2.11. The minimum absolute atomic E-state index is 0.519. The average molecular weight is 200 g/mol. The molecule has 0 aliphatic rings. The summed E-state index contributed by atoms with van der Waals surface area (Å²) in [7, 11) is -0.678. The van der Waals surface area contributed by atoms with E-state index in [0.29, 0.717) is 5.88 Å². The monoisotopic (exact) mass is 199 g/mol. The second-order valence-electron chi connectivity index (χ2n) is 2.75. The molecule has 0 amide bonds. The molecule has 65 valence electrons. The summed E-state index contributed by atoms with van der Waals surface area (Å²) in [5.74, 6) is 1.46. The molecule has 0 fully saturated rings. The Hall–Kier alpha value is -0.473. The van der Waals surface area contributed by atoms with Crippen LogP contribution in [0.1, 0.15) is 5.56 Å². The maximum atomic E-state index is 5.75. The third-order valence-electron chi connectivity index (χ3n) is 1.43. The van der Waals surface area contributed by atoms with E-state index in [9.17, 15) is 0 Å². The van der Waals surface area contributed by atoms with Crippen molar-refractivity contribution in [3.63, 3.8) is 0 Å². The molecule has 0 bridgehead atoms. The molecule has 0 heterocycles. The van der Waals surface area contributed by atoms with E-state index >= 15 is 0 Å². The summed E-state index contributed by atoms with van der Waals surface area (Å²) in [5.41, 5.74) is 1.07. The largest absolute Gasteiger partial charge is 0.542 e. The van der Waals surface area contributed by atoms with Gasteiger partial charge in [-0.1, -0.05) is 18.2 Å². The molecular weight excluding hydrogens is 188 g/mol. The standard InChI is InChI=1S/C9H12ClOSi/c1-12(2)11-9-6-4-3-5-8(9)7-10/h3-6H,7H2,1-2H3. The van der Waals surface area contributed by atoms with Crippen molar-refractivity contribution < 1.29 is 4.43 Å². The molecule has 0 spiro atoms. The molecule has 0 atom stereocenters. The Labute approximate surface area is 80.0 Å². The Kier molecular flexibility index (Phi) is 3.63. The Morgan fingerprint density at radius 3 is 2.58 bits per heavy atom. The van der Waals surface area contributed by atoms with Gasteiger partial charge in [-0.25, -0.2) is 0 Å². The zero-order chi connectivity index (χ0) is 8.97. The van der Waals surface area contributed by atoms with Crippen LogP contribution in [0.4, 0.5) is 0 Å². The SMILES string of the molecule is C[Si](C)Oc1ccccc1CCl. The van der Waals surface area contributed by atoms with E-state index in [1.54, 1.807) is 0 Å². The second-order valence-corrected chi connectivity index (χ2v) is 5.04. The molecule has 3 heteroatoms. The summed E-state index contributed by atoms with van der Waals surface area (Å²) in [4.78, 5) is 0. The molecular formula is C9H12ClOSi. The normalized spacial score (nSPS) is 10.3. The summed E-state index contributed by atoms with van der Waals surface area (Å²) in [6.45, 7) is 4.21. The second kappa shape index (κ2) is 4.53. The van der Waals surface area contributed by atoms with Crippen LogP contribution in [-0.4, -0.2) is 9.04 Å². The number of rotatable bonds is 3. The Bertz CT molecular complexity index is 250. The number of halogens is 1. The first-order valence-corrected chi connectivity index (χ1v) is 6.80. The fourth-order valence-corrected chi connectivity index (χ4v) is 1.79. The van der Waals surface area contributed by atoms with Crippen molar-refractivity contribution in [3.8, 4) is 5.75 Å². The maximum absolute atomic E-state index is 5.75. The third kappa shape index (κ3) is 2.54. The quantitative estimate of drug-likeness (QED) is 0.537. The molecule has 1 nitrogen and oxygen atoms in total. The average Bonchev–Trinajstić information content (AvgIpc) is 2.04. The first-order valence-electron chi connectivity index (χ1n) is 3.86. The molecule has 1 aromatic carbocycles. The summed E-state index contributed by atoms with van der Waals surface area (Å²) < 4.78 is 5.65. The van der Waals surface area contributed by atoms with Gasteiger partial charge in [0.05, 0.1) is 5.88 Å². The molecule has 0 saturated carbocycles. The van der Waals surface area contributed by atoms with Gasteiger partial charge in [0, 0.05) is 5.56 Å². The van der Waals surface area contributed by atoms with Crippen molar-refractivity contribution in [1.29, 1.82) is 0 Å². The summed E-state index contributed by atoms with van der Waals surface area (Å²) in [6, 6.07) is 7.90. The van der Waals surface area contributed by atoms with Gasteiger partial charge in [0.15, 0.2) is 0 Å². The molecule has 12 heavy (non-hydrogen) atoms. The Morgan fingerprint density at radius 1 is 1.33 bits per heavy atom. The van der Waals surface area contributed by atoms with Crippen LogP contribution >= 0.6 is 11.6 Å². The molecule has 0 unspecified atom stereocenters. The highest BCUT2D eigenvalue weighted by atomic mass is 35.5. The first kappa shape index (κ1) is 9.61. The lowest BCUT2D eigenvalue weighted by molar-refractivity contribution is 0.575. The van der Waals surface area contributed by atoms with E-state index in [0.717, 1.165) is 11.3 Å². The zero-order valence-electron chi connectivity index (χ0n) is 7.30. The molecule has 0 aliphatic carbocycles. The Morgan fingerprint density at radius 2 is 2.00 bits per heavy atom. The van der Waals surface area contributed by atoms with Crippen LogP contribution in [0.5, 0.6) is 5.75 Å². The molecule has 0 aliphatic heterocycles. The minimum Gasteiger partial charge on any atom is -0.542 e. The van der Waals surface area contributed by atoms with E-state index in [1.165, 1.54) is 0 Å². The number of hydrogen-bond donors (Lipinski definition) is 0. The molecule has 1 radical (unpaired) electrons. The number of alkyl halides is 1. The number of para-hydroxylation sites is 1. The van der Waals surface area contributed by atoms with Crippen LogP contribution in [0, 0.1) is 0 Å². The predicted molar refractivity (Wildman–Crippen MR) is 54.1 cm³/mol. The summed E-state index contributed by atoms with van der Waals surface area (Å²) in [5, 5.41) is 0. The van der Waals surface area contributed by atoms with Crippen LogP contribution in [0.25, 0.3) is 0 Å². The van der Waals surface area contributed by atoms with E-state index in [1.807, 2.05) is 24.3 Å². The molecule has 1 aromatic rings. The van der Waals surface area contributed by atoms with Crippen LogP contribution in [0.3, 0.4) is 0 Å². The number of hydrogen-bond acceptors (Lipinski definition) is 1. The van der Waals surface area contributed by atoms with Crippen molar-refractivity contribution in [1.82, 2.24) is 0 Å². The van der Waals surface area contributed by atoms with Gasteiger partial charge in [0.25, 0.3) is 9.04 Å². The van der Waals surface area contributed by atoms with Crippen molar-refractivity contribution >= 4 is 20.6 Å². The molecule has 0 N–H and O–H groups in total. The molecule has 1 rings (SSSR count). The van der Waals surface area contributed by atoms with Gasteiger partial charge in [0.2, 0.25) is 0 Å². The van der Waals surface area contributed by atoms with E-state index in [2.05, 4.69) is 13.1 Å². The van der Waals surface area contributed by atoms with Crippen LogP contribution < -0.4 is 4.43 Å². The van der Waals surface area contributed by atoms with Gasteiger partial charge in [0.1, 0.15) is 5.75 Å². The fraction of sp³-hybridized carbons (Fsp3) is 0.333. The van der Waals surface area contributed by atoms with Crippen LogP contribution in [0.15, 0.2) is 24.3 Å². The van der Waals surface area contributed by atoms with E-state index in [-0.39, 0.29) is 0 Å². The highest BCUT2D eigenvalue weighted by molar-refractivity contribution is 6.49. The van der Waals surface area contributed by atoms with E-state index in [4.69, 9.17) is 16.0 Å². The van der Waals surface area contributed by atoms with Crippen molar-refractivity contribution in [2.24, 2.45) is 0 Å². The molecule has 0 saturated heterocycles. The molecule has 0 aromatic heterocycles. The smallest absolute Gasteiger partial charge is 0.274 e. The summed E-state index contributed by atoms with van der Waals surface area (Å²) >= 11 is 5.75. The van der Waals surface area contributed by atoms with Crippen molar-refractivity contribution in [2.45, 2.75) is 19.0 Å². The first-order chi connectivity index (χ1) is 5.74. The van der Waals surface area contributed by atoms with Gasteiger partial charge in [-0.2, -0.15) is 0 Å². The fourth-order valence-electron chi connectivity index (χ4n) is 0.934. The lowest BCUT2D eigenvalue weighted by atomic mass is 10.2. The Balaban J connectivity index is 2.82. The van der Waals surface area contributed by atoms with Gasteiger partial charge < -0.3 is 4.43 Å². The van der Waals surface area contributed by atoms with Gasteiger partial charge >= 0.3 is 0 Å². The van der Waals surface area contributed by atoms with Crippen molar-refractivity contribution in [2.75, 3.05) is 0 Å². The van der Waals surface area contributed by atoms with Crippen LogP contribution in [-0.2, 0) is 5.88 Å². The number of benzene rings is 1. The highest BCUT2D eigenvalue weighted by Crippen LogP contribution is 2.20. The van der Waals surface area contributed by atoms with E-state index < -0.39 is 9.04 Å². The third-order valence-corrected chi connectivity index (χ3v) is 2.35. The summed E-state index contributed by atoms with van der Waals surface area (Å²) in [6.07, 6.45) is 0. The van der Waals surface area contributed by atoms with Gasteiger partial charge in [-0.15, -0.1) is 11.6 Å². The van der Waals surface area contributed by atoms with Gasteiger partial charge in [-0.3, -0.25) is 0 Å².